The van der Waals surface area contributed by atoms with E-state index in [1.54, 1.807) is 23.9 Å². The maximum atomic E-state index is 12.1. The molecule has 1 aromatic heterocycles. The van der Waals surface area contributed by atoms with Gasteiger partial charge < -0.3 is 10.3 Å². The maximum Gasteiger partial charge on any atom is 0.251 e. The Morgan fingerprint density at radius 3 is 2.88 bits per heavy atom. The predicted octanol–water partition coefficient (Wildman–Crippen LogP) is 4.11. The first-order chi connectivity index (χ1) is 12.0. The summed E-state index contributed by atoms with van der Waals surface area (Å²) in [5, 5.41) is 3.84. The fourth-order valence-corrected chi connectivity index (χ4v) is 3.61. The highest BCUT2D eigenvalue weighted by Gasteiger charge is 2.08. The lowest BCUT2D eigenvalue weighted by atomic mass is 10.2. The standard InChI is InChI=1S/C17H20ClN3O2S2/c1-3-6-24-9-13-8-15(22)21-17(20-13)25-10-16(23)19-12-5-4-11(2)14(18)7-12/h4-5,7-8H,3,6,9-10H2,1-2H3,(H,19,23)(H,20,21,22). The number of aromatic amines is 1. The summed E-state index contributed by atoms with van der Waals surface area (Å²) in [6.45, 7) is 4.01. The number of carbonyl (C=O) groups excluding carboxylic acids is 1. The summed E-state index contributed by atoms with van der Waals surface area (Å²) >= 11 is 8.99. The summed E-state index contributed by atoms with van der Waals surface area (Å²) in [5.41, 5.74) is 2.13. The minimum Gasteiger partial charge on any atom is -0.325 e. The predicted molar refractivity (Wildman–Crippen MR) is 107 cm³/mol. The number of anilines is 1. The summed E-state index contributed by atoms with van der Waals surface area (Å²) < 4.78 is 0. The van der Waals surface area contributed by atoms with Crippen LogP contribution < -0.4 is 10.9 Å². The van der Waals surface area contributed by atoms with E-state index in [9.17, 15) is 9.59 Å². The third kappa shape index (κ3) is 6.76. The number of nitrogens with one attached hydrogen (secondary N) is 2. The quantitative estimate of drug-likeness (QED) is 0.398. The lowest BCUT2D eigenvalue weighted by Gasteiger charge is -2.07. The van der Waals surface area contributed by atoms with Crippen molar-refractivity contribution in [3.63, 3.8) is 0 Å². The molecule has 0 aliphatic heterocycles. The maximum absolute atomic E-state index is 12.1. The number of rotatable bonds is 8. The van der Waals surface area contributed by atoms with E-state index in [-0.39, 0.29) is 17.2 Å². The Morgan fingerprint density at radius 2 is 2.16 bits per heavy atom. The zero-order chi connectivity index (χ0) is 18.2. The molecular weight excluding hydrogens is 378 g/mol. The molecule has 0 fully saturated rings. The van der Waals surface area contributed by atoms with E-state index in [1.807, 2.05) is 13.0 Å². The Balaban J connectivity index is 1.92. The molecule has 134 valence electrons. The molecule has 1 aromatic carbocycles. The zero-order valence-corrected chi connectivity index (χ0v) is 16.5. The zero-order valence-electron chi connectivity index (χ0n) is 14.1. The molecule has 0 unspecified atom stereocenters. The fraction of sp³-hybridized carbons (Fsp3) is 0.353. The number of halogens is 1. The van der Waals surface area contributed by atoms with Crippen LogP contribution in [0.4, 0.5) is 5.69 Å². The van der Waals surface area contributed by atoms with E-state index in [0.717, 1.165) is 23.4 Å². The number of aromatic nitrogens is 2. The topological polar surface area (TPSA) is 74.8 Å². The van der Waals surface area contributed by atoms with Gasteiger partial charge >= 0.3 is 0 Å². The van der Waals surface area contributed by atoms with Crippen molar-refractivity contribution in [2.75, 3.05) is 16.8 Å². The van der Waals surface area contributed by atoms with Crippen LogP contribution in [-0.2, 0) is 10.5 Å². The van der Waals surface area contributed by atoms with Gasteiger partial charge in [0.1, 0.15) is 0 Å². The number of thioether (sulfide) groups is 2. The van der Waals surface area contributed by atoms with Gasteiger partial charge in [-0.1, -0.05) is 36.4 Å². The molecule has 0 aliphatic carbocycles. The summed E-state index contributed by atoms with van der Waals surface area (Å²) in [6.07, 6.45) is 1.08. The second-order valence-electron chi connectivity index (χ2n) is 5.40. The van der Waals surface area contributed by atoms with Crippen molar-refractivity contribution in [2.24, 2.45) is 0 Å². The SMILES string of the molecule is CCCSCc1cc(=O)[nH]c(SCC(=O)Nc2ccc(C)c(Cl)c2)n1. The van der Waals surface area contributed by atoms with Crippen molar-refractivity contribution in [1.82, 2.24) is 9.97 Å². The van der Waals surface area contributed by atoms with Gasteiger partial charge in [0.2, 0.25) is 5.91 Å². The van der Waals surface area contributed by atoms with Gasteiger partial charge in [0.15, 0.2) is 5.16 Å². The molecule has 0 atom stereocenters. The van der Waals surface area contributed by atoms with Gasteiger partial charge in [-0.3, -0.25) is 9.59 Å². The van der Waals surface area contributed by atoms with E-state index < -0.39 is 0 Å². The molecule has 2 N–H and O–H groups in total. The Bertz CT molecular complexity index is 796. The molecular formula is C17H20ClN3O2S2. The fourth-order valence-electron chi connectivity index (χ4n) is 1.95. The van der Waals surface area contributed by atoms with Crippen molar-refractivity contribution in [1.29, 1.82) is 0 Å². The first kappa shape index (κ1) is 19.9. The number of amides is 1. The van der Waals surface area contributed by atoms with E-state index >= 15 is 0 Å². The first-order valence-electron chi connectivity index (χ1n) is 7.84. The van der Waals surface area contributed by atoms with Gasteiger partial charge in [-0.25, -0.2) is 4.98 Å². The summed E-state index contributed by atoms with van der Waals surface area (Å²) in [6, 6.07) is 6.86. The van der Waals surface area contributed by atoms with Crippen molar-refractivity contribution in [3.8, 4) is 0 Å². The lowest BCUT2D eigenvalue weighted by molar-refractivity contribution is -0.113. The van der Waals surface area contributed by atoms with E-state index in [1.165, 1.54) is 17.8 Å². The Morgan fingerprint density at radius 1 is 1.36 bits per heavy atom. The number of benzene rings is 1. The average Bonchev–Trinajstić information content (AvgIpc) is 2.56. The highest BCUT2D eigenvalue weighted by atomic mass is 35.5. The smallest absolute Gasteiger partial charge is 0.251 e. The van der Waals surface area contributed by atoms with Crippen LogP contribution >= 0.6 is 35.1 Å². The van der Waals surface area contributed by atoms with Gasteiger partial charge in [-0.2, -0.15) is 11.8 Å². The van der Waals surface area contributed by atoms with E-state index in [0.29, 0.717) is 21.6 Å². The van der Waals surface area contributed by atoms with E-state index in [4.69, 9.17) is 11.6 Å². The van der Waals surface area contributed by atoms with Crippen molar-refractivity contribution < 1.29 is 4.79 Å². The number of carbonyl (C=O) groups is 1. The molecule has 0 bridgehead atoms. The molecule has 25 heavy (non-hydrogen) atoms. The van der Waals surface area contributed by atoms with Crippen LogP contribution in [-0.4, -0.2) is 27.4 Å². The largest absolute Gasteiger partial charge is 0.325 e. The molecule has 8 heteroatoms. The molecule has 2 aromatic rings. The van der Waals surface area contributed by atoms with E-state index in [2.05, 4.69) is 22.2 Å². The van der Waals surface area contributed by atoms with Crippen LogP contribution in [0.1, 0.15) is 24.6 Å². The van der Waals surface area contributed by atoms with Gasteiger partial charge in [-0.05, 0) is 36.8 Å². The molecule has 5 nitrogen and oxygen atoms in total. The van der Waals surface area contributed by atoms with Crippen LogP contribution in [0.25, 0.3) is 0 Å². The normalized spacial score (nSPS) is 10.7. The number of hydrogen-bond donors (Lipinski definition) is 2. The minimum absolute atomic E-state index is 0.153. The molecule has 1 heterocycles. The monoisotopic (exact) mass is 397 g/mol. The van der Waals surface area contributed by atoms with Crippen LogP contribution in [0.3, 0.4) is 0 Å². The molecule has 0 aliphatic rings. The number of H-pyrrole nitrogens is 1. The Labute approximate surface area is 160 Å². The van der Waals surface area contributed by atoms with Crippen molar-refractivity contribution in [3.05, 3.63) is 50.9 Å². The number of aryl methyl sites for hydroxylation is 1. The lowest BCUT2D eigenvalue weighted by Crippen LogP contribution is -2.15. The van der Waals surface area contributed by atoms with Gasteiger partial charge in [0, 0.05) is 22.5 Å². The van der Waals surface area contributed by atoms with Crippen molar-refractivity contribution >= 4 is 46.7 Å². The third-order valence-corrected chi connectivity index (χ3v) is 5.64. The average molecular weight is 398 g/mol. The minimum atomic E-state index is -0.199. The van der Waals surface area contributed by atoms with Crippen LogP contribution in [0.5, 0.6) is 0 Å². The highest BCUT2D eigenvalue weighted by molar-refractivity contribution is 7.99. The molecule has 0 saturated heterocycles. The molecule has 2 rings (SSSR count). The number of hydrogen-bond acceptors (Lipinski definition) is 5. The summed E-state index contributed by atoms with van der Waals surface area (Å²) in [7, 11) is 0. The molecule has 0 radical (unpaired) electrons. The molecule has 1 amide bonds. The first-order valence-corrected chi connectivity index (χ1v) is 10.4. The van der Waals surface area contributed by atoms with Crippen molar-refractivity contribution in [2.45, 2.75) is 31.2 Å². The highest BCUT2D eigenvalue weighted by Crippen LogP contribution is 2.20. The van der Waals surface area contributed by atoms with Gasteiger partial charge in [0.25, 0.3) is 5.56 Å². The van der Waals surface area contributed by atoms with Crippen LogP contribution in [0.15, 0.2) is 34.2 Å². The molecule has 0 saturated carbocycles. The van der Waals surface area contributed by atoms with Crippen LogP contribution in [0.2, 0.25) is 5.02 Å². The number of nitrogens with zero attached hydrogens (tertiary/aromatic N) is 1. The van der Waals surface area contributed by atoms with Crippen LogP contribution in [0, 0.1) is 6.92 Å². The Hall–Kier alpha value is -1.44. The summed E-state index contributed by atoms with van der Waals surface area (Å²) in [4.78, 5) is 30.8. The Kier molecular flexibility index (Phi) is 7.87. The second kappa shape index (κ2) is 9.89. The second-order valence-corrected chi connectivity index (χ2v) is 7.87. The van der Waals surface area contributed by atoms with Gasteiger partial charge in [0.05, 0.1) is 11.4 Å². The summed E-state index contributed by atoms with van der Waals surface area (Å²) in [5.74, 6) is 1.69. The molecule has 0 spiro atoms. The van der Waals surface area contributed by atoms with Gasteiger partial charge in [-0.15, -0.1) is 0 Å². The third-order valence-electron chi connectivity index (χ3n) is 3.17.